The maximum absolute atomic E-state index is 15.1. The van der Waals surface area contributed by atoms with Crippen molar-refractivity contribution in [2.75, 3.05) is 39.3 Å². The molecule has 17 nitrogen and oxygen atoms in total. The Morgan fingerprint density at radius 3 is 2.39 bits per heavy atom. The van der Waals surface area contributed by atoms with E-state index in [-0.39, 0.29) is 58.5 Å². The molecule has 3 aromatic carbocycles. The second-order valence-corrected chi connectivity index (χ2v) is 22.6. The summed E-state index contributed by atoms with van der Waals surface area (Å²) in [6.45, 7) is 8.89. The molecule has 0 spiro atoms. The molecule has 9 rings (SSSR count). The number of alkyl halides is 2. The van der Waals surface area contributed by atoms with Gasteiger partial charge < -0.3 is 29.8 Å². The van der Waals surface area contributed by atoms with Crippen LogP contribution >= 0.6 is 18.9 Å². The molecule has 368 valence electrons. The number of thiophene rings is 1. The Balaban J connectivity index is 0.946. The average Bonchev–Trinajstić information content (AvgIpc) is 4.00. The number of halogens is 2. The molecule has 4 aliphatic rings. The Bertz CT molecular complexity index is 2930. The van der Waals surface area contributed by atoms with Crippen molar-refractivity contribution in [1.82, 2.24) is 34.5 Å². The van der Waals surface area contributed by atoms with Crippen molar-refractivity contribution < 1.29 is 52.2 Å². The number of hydrogen-bond acceptors (Lipinski definition) is 11. The number of aryl methyl sites for hydroxylation is 1. The third kappa shape index (κ3) is 9.33. The zero-order valence-electron chi connectivity index (χ0n) is 38.6. The number of imidazole rings is 1. The molecule has 5 aromatic rings. The fraction of sp³-hybridized carbons (Fsp3) is 0.479. The fourth-order valence-electron chi connectivity index (χ4n) is 10.5. The van der Waals surface area contributed by atoms with Gasteiger partial charge in [-0.3, -0.25) is 48.0 Å². The quantitative estimate of drug-likeness (QED) is 0.0854. The number of aliphatic hydroxyl groups is 1. The first-order valence-electron chi connectivity index (χ1n) is 23.0. The molecule has 0 radical (unpaired) electrons. The number of morpholine rings is 1. The highest BCUT2D eigenvalue weighted by Crippen LogP contribution is 2.59. The maximum Gasteiger partial charge on any atom is 0.399 e. The van der Waals surface area contributed by atoms with Crippen LogP contribution in [0.5, 0.6) is 0 Å². The van der Waals surface area contributed by atoms with Crippen molar-refractivity contribution >= 4 is 63.7 Å². The van der Waals surface area contributed by atoms with Gasteiger partial charge in [-0.05, 0) is 76.9 Å². The van der Waals surface area contributed by atoms with Crippen molar-refractivity contribution in [3.8, 4) is 0 Å². The highest BCUT2D eigenvalue weighted by molar-refractivity contribution is 7.52. The number of amides is 4. The van der Waals surface area contributed by atoms with E-state index in [1.165, 1.54) is 21.3 Å². The van der Waals surface area contributed by atoms with Gasteiger partial charge in [0.25, 0.3) is 5.91 Å². The Morgan fingerprint density at radius 2 is 1.70 bits per heavy atom. The number of aliphatic hydroxyl groups excluding tert-OH is 1. The molecule has 6 heterocycles. The lowest BCUT2D eigenvalue weighted by Crippen LogP contribution is -2.63. The molecule has 2 aromatic heterocycles. The normalized spacial score (nSPS) is 23.3. The molecular formula is C48H56F2N7O10PS. The van der Waals surface area contributed by atoms with Crippen LogP contribution in [0.25, 0.3) is 21.1 Å². The van der Waals surface area contributed by atoms with Gasteiger partial charge in [0.2, 0.25) is 17.7 Å². The van der Waals surface area contributed by atoms with Crippen molar-refractivity contribution in [3.05, 3.63) is 105 Å². The number of likely N-dealkylation sites (tertiary alicyclic amines) is 2. The van der Waals surface area contributed by atoms with E-state index in [0.717, 1.165) is 34.6 Å². The summed E-state index contributed by atoms with van der Waals surface area (Å²) >= 11 is 0.996. The van der Waals surface area contributed by atoms with E-state index in [1.54, 1.807) is 11.9 Å². The predicted molar refractivity (Wildman–Crippen MR) is 252 cm³/mol. The lowest BCUT2D eigenvalue weighted by atomic mass is 9.79. The lowest BCUT2D eigenvalue weighted by molar-refractivity contribution is -0.154. The minimum absolute atomic E-state index is 0.0965. The van der Waals surface area contributed by atoms with Crippen LogP contribution in [0.4, 0.5) is 8.78 Å². The van der Waals surface area contributed by atoms with Crippen LogP contribution in [0.15, 0.2) is 77.6 Å². The van der Waals surface area contributed by atoms with E-state index in [9.17, 15) is 47.4 Å². The van der Waals surface area contributed by atoms with Crippen LogP contribution in [0.2, 0.25) is 0 Å². The number of piperidine rings is 1. The summed E-state index contributed by atoms with van der Waals surface area (Å²) in [6.07, 6.45) is -0.410. The summed E-state index contributed by atoms with van der Waals surface area (Å²) in [6, 6.07) is 17.4. The first-order valence-corrected chi connectivity index (χ1v) is 25.5. The zero-order chi connectivity index (χ0) is 49.3. The molecule has 0 aliphatic carbocycles. The highest BCUT2D eigenvalue weighted by atomic mass is 32.1. The number of aromatic nitrogens is 2. The molecule has 4 saturated heterocycles. The van der Waals surface area contributed by atoms with Gasteiger partial charge in [0.1, 0.15) is 18.3 Å². The highest BCUT2D eigenvalue weighted by Gasteiger charge is 2.52. The van der Waals surface area contributed by atoms with E-state index >= 15 is 4.79 Å². The topological polar surface area (TPSA) is 216 Å². The number of ether oxygens (including phenoxy) is 1. The maximum atomic E-state index is 15.1. The van der Waals surface area contributed by atoms with E-state index in [1.807, 2.05) is 74.2 Å². The SMILES string of the molecule is Cn1c(=O)n(C2CCC(=O)NC2=O)c2ccc(CN3CC([C@@H]4CCN(C(=O)[C@@H](NC(=O)c5cc6cc(C(F)(F)P(=O)(O)O)ccc6s5)C(C)(C)C)[C@@H]4C(O)N4CCO[C@H](c5ccccc5)C4)C3)cc21. The van der Waals surface area contributed by atoms with Gasteiger partial charge in [0.15, 0.2) is 0 Å². The van der Waals surface area contributed by atoms with Crippen molar-refractivity contribution in [2.24, 2.45) is 24.3 Å². The number of fused-ring (bicyclic) bond motifs is 2. The first-order chi connectivity index (χ1) is 32.6. The molecule has 21 heteroatoms. The van der Waals surface area contributed by atoms with Crippen LogP contribution in [0, 0.1) is 17.3 Å². The lowest BCUT2D eigenvalue weighted by Gasteiger charge is -2.48. The fourth-order valence-corrected chi connectivity index (χ4v) is 11.9. The standard InChI is InChI=1S/C48H56F2N7O10PS/c1-47(2,3)41(52-43(60)38-22-29-21-31(11-14-37(29)69-38)48(49,50)68(64,65)66)45(62)56-17-16-32(40(56)44(61)55-18-19-67-36(26-55)28-8-6-5-7-9-28)30-24-54(25-30)23-27-10-12-33-35(20-27)53(4)46(63)57(33)34-13-15-39(58)51-42(34)59/h5-12,14,20-22,30,32,34,36,40-41,44,61H,13,15-19,23-26H2,1-4H3,(H,52,60)(H,51,58,59)(H2,64,65,66)/t32-,34?,36-,40-,41+,44?/m0/s1. The Morgan fingerprint density at radius 1 is 0.957 bits per heavy atom. The van der Waals surface area contributed by atoms with Gasteiger partial charge in [-0.15, -0.1) is 11.3 Å². The third-order valence-corrected chi connectivity index (χ3v) is 16.4. The number of rotatable bonds is 12. The molecular weight excluding hydrogens is 936 g/mol. The largest absolute Gasteiger partial charge is 0.399 e. The van der Waals surface area contributed by atoms with Crippen LogP contribution in [-0.2, 0) is 42.9 Å². The van der Waals surface area contributed by atoms with Gasteiger partial charge in [-0.1, -0.05) is 63.2 Å². The second kappa shape index (κ2) is 18.5. The van der Waals surface area contributed by atoms with Crippen molar-refractivity contribution in [1.29, 1.82) is 0 Å². The Labute approximate surface area is 400 Å². The summed E-state index contributed by atoms with van der Waals surface area (Å²) < 4.78 is 50.4. The summed E-state index contributed by atoms with van der Waals surface area (Å²) in [5.74, 6) is -1.88. The van der Waals surface area contributed by atoms with E-state index in [0.29, 0.717) is 68.0 Å². The summed E-state index contributed by atoms with van der Waals surface area (Å²) in [5.41, 5.74) is -3.30. The van der Waals surface area contributed by atoms with Crippen LogP contribution < -0.4 is 16.3 Å². The van der Waals surface area contributed by atoms with E-state index in [2.05, 4.69) is 15.5 Å². The van der Waals surface area contributed by atoms with Gasteiger partial charge in [-0.2, -0.15) is 8.78 Å². The van der Waals surface area contributed by atoms with Gasteiger partial charge in [-0.25, -0.2) is 4.79 Å². The minimum Gasteiger partial charge on any atom is -0.376 e. The Kier molecular flexibility index (Phi) is 13.1. The zero-order valence-corrected chi connectivity index (χ0v) is 40.3. The number of hydrogen-bond donors (Lipinski definition) is 5. The molecule has 4 amide bonds. The Hall–Kier alpha value is -5.18. The molecule has 4 aliphatic heterocycles. The molecule has 2 unspecified atom stereocenters. The number of carbonyl (C=O) groups is 4. The van der Waals surface area contributed by atoms with Gasteiger partial charge >= 0.3 is 18.9 Å². The smallest absolute Gasteiger partial charge is 0.376 e. The van der Waals surface area contributed by atoms with Crippen molar-refractivity contribution in [2.45, 2.75) is 82.7 Å². The second-order valence-electron chi connectivity index (χ2n) is 19.8. The number of benzene rings is 3. The number of imide groups is 1. The number of nitrogens with one attached hydrogen (secondary N) is 2. The van der Waals surface area contributed by atoms with Crippen LogP contribution in [0.3, 0.4) is 0 Å². The monoisotopic (exact) mass is 991 g/mol. The number of carbonyl (C=O) groups excluding carboxylic acids is 4. The number of nitrogens with zero attached hydrogens (tertiary/aromatic N) is 5. The average molecular weight is 992 g/mol. The van der Waals surface area contributed by atoms with E-state index in [4.69, 9.17) is 4.74 Å². The molecule has 0 saturated carbocycles. The molecule has 69 heavy (non-hydrogen) atoms. The third-order valence-electron chi connectivity index (χ3n) is 14.2. The summed E-state index contributed by atoms with van der Waals surface area (Å²) in [7, 11) is -4.17. The van der Waals surface area contributed by atoms with E-state index < -0.39 is 60.4 Å². The first kappa shape index (κ1) is 48.8. The molecule has 5 N–H and O–H groups in total. The minimum atomic E-state index is -5.83. The summed E-state index contributed by atoms with van der Waals surface area (Å²) in [5, 5.41) is 18.0. The molecule has 6 atom stereocenters. The van der Waals surface area contributed by atoms with Gasteiger partial charge in [0.05, 0.1) is 34.7 Å². The van der Waals surface area contributed by atoms with Crippen LogP contribution in [0.1, 0.15) is 78.5 Å². The van der Waals surface area contributed by atoms with Gasteiger partial charge in [0, 0.05) is 63.0 Å². The molecule has 4 fully saturated rings. The van der Waals surface area contributed by atoms with Crippen molar-refractivity contribution in [3.63, 3.8) is 0 Å². The predicted octanol–water partition coefficient (Wildman–Crippen LogP) is 4.64. The molecule has 0 bridgehead atoms. The summed E-state index contributed by atoms with van der Waals surface area (Å²) in [4.78, 5) is 91.7. The van der Waals surface area contributed by atoms with Crippen LogP contribution in [-0.4, -0.2) is 120 Å².